The molecule has 0 saturated heterocycles. The van der Waals surface area contributed by atoms with Crippen molar-refractivity contribution in [2.45, 2.75) is 27.2 Å². The van der Waals surface area contributed by atoms with E-state index in [0.29, 0.717) is 17.8 Å². The lowest BCUT2D eigenvalue weighted by Crippen LogP contribution is -2.23. The number of benzene rings is 2. The van der Waals surface area contributed by atoms with Crippen LogP contribution in [-0.2, 0) is 14.4 Å². The van der Waals surface area contributed by atoms with Crippen molar-refractivity contribution in [2.24, 2.45) is 0 Å². The lowest BCUT2D eigenvalue weighted by Gasteiger charge is -2.16. The second-order valence-corrected chi connectivity index (χ2v) is 6.41. The van der Waals surface area contributed by atoms with E-state index in [1.165, 1.54) is 6.92 Å². The number of hydrogen-bond acceptors (Lipinski definition) is 4. The Balaban J connectivity index is 1.95. The number of rotatable bonds is 7. The molecule has 0 aliphatic rings. The lowest BCUT2D eigenvalue weighted by molar-refractivity contribution is -0.116. The molecule has 148 valence electrons. The Kier molecular flexibility index (Phi) is 7.14. The van der Waals surface area contributed by atoms with E-state index in [9.17, 15) is 14.4 Å². The summed E-state index contributed by atoms with van der Waals surface area (Å²) in [5.74, 6) is -0.327. The SMILES string of the molecule is CCC(=O)Nc1cccc(NC(=O)CNc2ccc(N(C)C(C)=O)cc2)c1C. The van der Waals surface area contributed by atoms with Crippen LogP contribution in [0.5, 0.6) is 0 Å². The van der Waals surface area contributed by atoms with Gasteiger partial charge in [-0.3, -0.25) is 14.4 Å². The second kappa shape index (κ2) is 9.55. The van der Waals surface area contributed by atoms with Gasteiger partial charge in [0.2, 0.25) is 17.7 Å². The first-order valence-electron chi connectivity index (χ1n) is 9.09. The standard InChI is InChI=1S/C21H26N4O3/c1-5-20(27)23-18-7-6-8-19(14(18)2)24-21(28)13-22-16-9-11-17(12-10-16)25(4)15(3)26/h6-12,22H,5,13H2,1-4H3,(H,23,27)(H,24,28). The van der Waals surface area contributed by atoms with E-state index in [1.54, 1.807) is 37.1 Å². The molecule has 0 aromatic heterocycles. The number of carbonyl (C=O) groups excluding carboxylic acids is 3. The summed E-state index contributed by atoms with van der Waals surface area (Å²) in [5, 5.41) is 8.72. The third-order valence-corrected chi connectivity index (χ3v) is 4.38. The lowest BCUT2D eigenvalue weighted by atomic mass is 10.1. The zero-order chi connectivity index (χ0) is 20.7. The van der Waals surface area contributed by atoms with E-state index in [2.05, 4.69) is 16.0 Å². The van der Waals surface area contributed by atoms with Gasteiger partial charge >= 0.3 is 0 Å². The molecule has 2 aromatic rings. The van der Waals surface area contributed by atoms with Gasteiger partial charge in [-0.05, 0) is 48.9 Å². The van der Waals surface area contributed by atoms with Crippen LogP contribution in [0, 0.1) is 6.92 Å². The smallest absolute Gasteiger partial charge is 0.243 e. The van der Waals surface area contributed by atoms with E-state index in [0.717, 1.165) is 16.9 Å². The Labute approximate surface area is 165 Å². The zero-order valence-electron chi connectivity index (χ0n) is 16.6. The second-order valence-electron chi connectivity index (χ2n) is 6.41. The van der Waals surface area contributed by atoms with E-state index in [1.807, 2.05) is 31.2 Å². The van der Waals surface area contributed by atoms with Crippen LogP contribution in [0.25, 0.3) is 0 Å². The third-order valence-electron chi connectivity index (χ3n) is 4.38. The molecular weight excluding hydrogens is 356 g/mol. The van der Waals surface area contributed by atoms with Crippen LogP contribution in [0.3, 0.4) is 0 Å². The molecule has 7 heteroatoms. The van der Waals surface area contributed by atoms with Crippen molar-refractivity contribution >= 4 is 40.5 Å². The van der Waals surface area contributed by atoms with Gasteiger partial charge in [-0.1, -0.05) is 13.0 Å². The van der Waals surface area contributed by atoms with Crippen molar-refractivity contribution in [2.75, 3.05) is 34.4 Å². The molecule has 3 amide bonds. The van der Waals surface area contributed by atoms with Crippen molar-refractivity contribution in [1.29, 1.82) is 0 Å². The van der Waals surface area contributed by atoms with Crippen molar-refractivity contribution in [1.82, 2.24) is 0 Å². The maximum atomic E-state index is 12.3. The van der Waals surface area contributed by atoms with Crippen molar-refractivity contribution in [3.05, 3.63) is 48.0 Å². The Morgan fingerprint density at radius 1 is 0.929 bits per heavy atom. The summed E-state index contributed by atoms with van der Waals surface area (Å²) in [4.78, 5) is 36.8. The first-order chi connectivity index (χ1) is 13.3. The van der Waals surface area contributed by atoms with Gasteiger partial charge in [-0.15, -0.1) is 0 Å². The fourth-order valence-corrected chi connectivity index (χ4v) is 2.51. The van der Waals surface area contributed by atoms with Crippen molar-refractivity contribution in [3.63, 3.8) is 0 Å². The summed E-state index contributed by atoms with van der Waals surface area (Å²) in [7, 11) is 1.71. The molecule has 0 heterocycles. The highest BCUT2D eigenvalue weighted by Crippen LogP contribution is 2.23. The minimum absolute atomic E-state index is 0.0483. The number of hydrogen-bond donors (Lipinski definition) is 3. The predicted octanol–water partition coefficient (Wildman–Crippen LogP) is 3.38. The topological polar surface area (TPSA) is 90.5 Å². The molecule has 0 unspecified atom stereocenters. The van der Waals surface area contributed by atoms with Gasteiger partial charge in [0, 0.05) is 43.1 Å². The first kappa shape index (κ1) is 21.0. The normalized spacial score (nSPS) is 10.1. The minimum atomic E-state index is -0.202. The number of nitrogens with zero attached hydrogens (tertiary/aromatic N) is 1. The first-order valence-corrected chi connectivity index (χ1v) is 9.09. The minimum Gasteiger partial charge on any atom is -0.376 e. The molecule has 0 radical (unpaired) electrons. The van der Waals surface area contributed by atoms with Gasteiger partial charge in [0.15, 0.2) is 0 Å². The summed E-state index contributed by atoms with van der Waals surface area (Å²) in [5.41, 5.74) is 3.69. The largest absolute Gasteiger partial charge is 0.376 e. The van der Waals surface area contributed by atoms with Gasteiger partial charge in [-0.2, -0.15) is 0 Å². The van der Waals surface area contributed by atoms with Crippen LogP contribution in [0.1, 0.15) is 25.8 Å². The Hall–Kier alpha value is -3.35. The predicted molar refractivity (Wildman–Crippen MR) is 113 cm³/mol. The summed E-state index contributed by atoms with van der Waals surface area (Å²) >= 11 is 0. The maximum Gasteiger partial charge on any atom is 0.243 e. The molecule has 0 fully saturated rings. The van der Waals surface area contributed by atoms with Crippen molar-refractivity contribution in [3.8, 4) is 0 Å². The quantitative estimate of drug-likeness (QED) is 0.685. The maximum absolute atomic E-state index is 12.3. The fourth-order valence-electron chi connectivity index (χ4n) is 2.51. The molecule has 28 heavy (non-hydrogen) atoms. The molecule has 2 aromatic carbocycles. The summed E-state index contributed by atoms with van der Waals surface area (Å²) < 4.78 is 0. The molecule has 3 N–H and O–H groups in total. The third kappa shape index (κ3) is 5.57. The molecule has 0 bridgehead atoms. The molecular formula is C21H26N4O3. The average Bonchev–Trinajstić information content (AvgIpc) is 2.69. The van der Waals surface area contributed by atoms with Crippen LogP contribution < -0.4 is 20.9 Å². The molecule has 7 nitrogen and oxygen atoms in total. The van der Waals surface area contributed by atoms with Gasteiger partial charge < -0.3 is 20.9 Å². The summed E-state index contributed by atoms with van der Waals surface area (Å²) in [6, 6.07) is 12.6. The van der Waals surface area contributed by atoms with Crippen LogP contribution in [0.4, 0.5) is 22.7 Å². The highest BCUT2D eigenvalue weighted by molar-refractivity contribution is 5.97. The number of nitrogens with one attached hydrogen (secondary N) is 3. The van der Waals surface area contributed by atoms with Gasteiger partial charge in [0.1, 0.15) is 0 Å². The zero-order valence-corrected chi connectivity index (χ0v) is 16.6. The molecule has 0 aliphatic heterocycles. The summed E-state index contributed by atoms with van der Waals surface area (Å²) in [6.07, 6.45) is 0.390. The Morgan fingerprint density at radius 2 is 1.50 bits per heavy atom. The van der Waals surface area contributed by atoms with Crippen molar-refractivity contribution < 1.29 is 14.4 Å². The number of amides is 3. The van der Waals surface area contributed by atoms with Gasteiger partial charge in [-0.25, -0.2) is 0 Å². The summed E-state index contributed by atoms with van der Waals surface area (Å²) in [6.45, 7) is 5.22. The van der Waals surface area contributed by atoms with E-state index in [-0.39, 0.29) is 24.3 Å². The van der Waals surface area contributed by atoms with Gasteiger partial charge in [0.05, 0.1) is 6.54 Å². The number of anilines is 4. The Morgan fingerprint density at radius 3 is 2.04 bits per heavy atom. The molecule has 0 saturated carbocycles. The van der Waals surface area contributed by atoms with E-state index >= 15 is 0 Å². The molecule has 0 aliphatic carbocycles. The van der Waals surface area contributed by atoms with Crippen LogP contribution in [-0.4, -0.2) is 31.3 Å². The van der Waals surface area contributed by atoms with Crippen LogP contribution >= 0.6 is 0 Å². The van der Waals surface area contributed by atoms with Gasteiger partial charge in [0.25, 0.3) is 0 Å². The average molecular weight is 382 g/mol. The van der Waals surface area contributed by atoms with Crippen LogP contribution in [0.15, 0.2) is 42.5 Å². The molecule has 0 spiro atoms. The monoisotopic (exact) mass is 382 g/mol. The Bertz CT molecular complexity index is 862. The van der Waals surface area contributed by atoms with E-state index in [4.69, 9.17) is 0 Å². The van der Waals surface area contributed by atoms with Crippen LogP contribution in [0.2, 0.25) is 0 Å². The number of carbonyl (C=O) groups is 3. The fraction of sp³-hybridized carbons (Fsp3) is 0.286. The highest BCUT2D eigenvalue weighted by Gasteiger charge is 2.10. The molecule has 2 rings (SSSR count). The van der Waals surface area contributed by atoms with E-state index < -0.39 is 0 Å². The highest BCUT2D eigenvalue weighted by atomic mass is 16.2. The molecule has 0 atom stereocenters.